The predicted molar refractivity (Wildman–Crippen MR) is 121 cm³/mol. The summed E-state index contributed by atoms with van der Waals surface area (Å²) in [4.78, 5) is 7.09. The maximum Gasteiger partial charge on any atom is 0.185 e. The van der Waals surface area contributed by atoms with E-state index in [1.165, 1.54) is 40.5 Å². The largest absolute Gasteiger partial charge is 0.348 e. The number of piperidine rings is 1. The molecule has 7 heteroatoms. The van der Waals surface area contributed by atoms with Crippen LogP contribution in [-0.2, 0) is 9.84 Å². The fourth-order valence-electron chi connectivity index (χ4n) is 4.30. The highest BCUT2D eigenvalue weighted by Gasteiger charge is 2.32. The van der Waals surface area contributed by atoms with Crippen LogP contribution < -0.4 is 4.90 Å². The lowest BCUT2D eigenvalue weighted by Gasteiger charge is -2.31. The van der Waals surface area contributed by atoms with Gasteiger partial charge in [0.15, 0.2) is 15.0 Å². The van der Waals surface area contributed by atoms with E-state index in [4.69, 9.17) is 4.98 Å². The second kappa shape index (κ2) is 8.12. The van der Waals surface area contributed by atoms with Crippen molar-refractivity contribution in [3.8, 4) is 11.3 Å². The van der Waals surface area contributed by atoms with Crippen molar-refractivity contribution in [2.24, 2.45) is 0 Å². The summed E-state index contributed by atoms with van der Waals surface area (Å²) in [6.45, 7) is 7.56. The van der Waals surface area contributed by atoms with E-state index < -0.39 is 20.9 Å². The maximum absolute atomic E-state index is 13.5. The Balaban J connectivity index is 1.49. The molecule has 1 aromatic heterocycles. The third kappa shape index (κ3) is 4.01. The topological polar surface area (TPSA) is 50.3 Å². The Morgan fingerprint density at radius 3 is 2.37 bits per heavy atom. The molecular formula is C23H25FN2O2S2. The van der Waals surface area contributed by atoms with Gasteiger partial charge in [-0.3, -0.25) is 0 Å². The molecular weight excluding hydrogens is 419 g/mol. The van der Waals surface area contributed by atoms with Gasteiger partial charge in [-0.25, -0.2) is 17.8 Å². The summed E-state index contributed by atoms with van der Waals surface area (Å²) in [5.74, 6) is -0.523. The molecule has 4 rings (SSSR count). The third-order valence-corrected chi connectivity index (χ3v) is 8.86. The first-order valence-electron chi connectivity index (χ1n) is 10.0. The van der Waals surface area contributed by atoms with Crippen LogP contribution in [0.25, 0.3) is 11.3 Å². The van der Waals surface area contributed by atoms with Crippen LogP contribution in [0, 0.1) is 26.6 Å². The SMILES string of the molecule is Cc1cc(C)c(-c2csc(N3CCC(S(=O)(=O)c4cccc(F)c4)CC3)n2)c(C)c1. The van der Waals surface area contributed by atoms with Crippen molar-refractivity contribution in [3.63, 3.8) is 0 Å². The first-order chi connectivity index (χ1) is 14.3. The molecule has 2 aromatic carbocycles. The molecule has 0 N–H and O–H groups in total. The number of anilines is 1. The van der Waals surface area contributed by atoms with Crippen LogP contribution in [0.15, 0.2) is 46.7 Å². The third-order valence-electron chi connectivity index (χ3n) is 5.70. The highest BCUT2D eigenvalue weighted by molar-refractivity contribution is 7.92. The minimum absolute atomic E-state index is 0.0720. The van der Waals surface area contributed by atoms with Gasteiger partial charge in [0.05, 0.1) is 15.8 Å². The van der Waals surface area contributed by atoms with Crippen molar-refractivity contribution in [2.75, 3.05) is 18.0 Å². The van der Waals surface area contributed by atoms with Crippen molar-refractivity contribution in [2.45, 2.75) is 43.8 Å². The van der Waals surface area contributed by atoms with E-state index in [-0.39, 0.29) is 4.90 Å². The van der Waals surface area contributed by atoms with E-state index in [0.29, 0.717) is 25.9 Å². The monoisotopic (exact) mass is 444 g/mol. The lowest BCUT2D eigenvalue weighted by Crippen LogP contribution is -2.39. The maximum atomic E-state index is 13.5. The lowest BCUT2D eigenvalue weighted by atomic mass is 9.98. The van der Waals surface area contributed by atoms with Gasteiger partial charge in [0.25, 0.3) is 0 Å². The fourth-order valence-corrected chi connectivity index (χ4v) is 6.93. The molecule has 0 saturated carbocycles. The van der Waals surface area contributed by atoms with E-state index in [1.54, 1.807) is 11.3 Å². The van der Waals surface area contributed by atoms with Crippen LogP contribution >= 0.6 is 11.3 Å². The zero-order valence-electron chi connectivity index (χ0n) is 17.4. The second-order valence-corrected chi connectivity index (χ2v) is 11.0. The van der Waals surface area contributed by atoms with E-state index in [0.717, 1.165) is 16.9 Å². The molecule has 1 aliphatic heterocycles. The number of aromatic nitrogens is 1. The Bertz CT molecular complexity index is 1160. The van der Waals surface area contributed by atoms with Gasteiger partial charge in [0, 0.05) is 24.0 Å². The minimum Gasteiger partial charge on any atom is -0.348 e. The molecule has 0 spiro atoms. The number of rotatable bonds is 4. The molecule has 0 aliphatic carbocycles. The van der Waals surface area contributed by atoms with Crippen molar-refractivity contribution in [3.05, 3.63) is 64.3 Å². The van der Waals surface area contributed by atoms with Gasteiger partial charge < -0.3 is 4.90 Å². The van der Waals surface area contributed by atoms with E-state index in [1.807, 2.05) is 0 Å². The zero-order valence-corrected chi connectivity index (χ0v) is 19.0. The van der Waals surface area contributed by atoms with Crippen LogP contribution in [0.1, 0.15) is 29.5 Å². The number of sulfone groups is 1. The summed E-state index contributed by atoms with van der Waals surface area (Å²) in [5.41, 5.74) is 5.81. The summed E-state index contributed by atoms with van der Waals surface area (Å²) in [6, 6.07) is 9.64. The first-order valence-corrected chi connectivity index (χ1v) is 12.5. The molecule has 30 heavy (non-hydrogen) atoms. The summed E-state index contributed by atoms with van der Waals surface area (Å²) >= 11 is 1.60. The Morgan fingerprint density at radius 2 is 1.73 bits per heavy atom. The lowest BCUT2D eigenvalue weighted by molar-refractivity contribution is 0.528. The molecule has 1 aliphatic rings. The van der Waals surface area contributed by atoms with E-state index in [2.05, 4.69) is 43.2 Å². The standard InChI is InChI=1S/C23H25FN2O2S2/c1-15-11-16(2)22(17(3)12-15)21-14-29-23(25-21)26-9-7-19(8-10-26)30(27,28)20-6-4-5-18(24)13-20/h4-6,11-14,19H,7-10H2,1-3H3. The highest BCUT2D eigenvalue weighted by Crippen LogP contribution is 2.34. The van der Waals surface area contributed by atoms with Crippen molar-refractivity contribution in [1.82, 2.24) is 4.98 Å². The number of thiazole rings is 1. The van der Waals surface area contributed by atoms with Crippen LogP contribution in [-0.4, -0.2) is 31.7 Å². The molecule has 0 unspecified atom stereocenters. The molecule has 0 atom stereocenters. The van der Waals surface area contributed by atoms with Crippen molar-refractivity contribution in [1.29, 1.82) is 0 Å². The molecule has 1 saturated heterocycles. The fraction of sp³-hybridized carbons (Fsp3) is 0.348. The molecule has 158 valence electrons. The molecule has 3 aromatic rings. The number of hydrogen-bond acceptors (Lipinski definition) is 5. The number of nitrogens with zero attached hydrogens (tertiary/aromatic N) is 2. The molecule has 2 heterocycles. The average molecular weight is 445 g/mol. The number of aryl methyl sites for hydroxylation is 3. The molecule has 0 bridgehead atoms. The van der Waals surface area contributed by atoms with Gasteiger partial charge in [0.1, 0.15) is 5.82 Å². The van der Waals surface area contributed by atoms with Crippen LogP contribution in [0.5, 0.6) is 0 Å². The summed E-state index contributed by atoms with van der Waals surface area (Å²) in [5, 5.41) is 2.51. The molecule has 1 fully saturated rings. The zero-order chi connectivity index (χ0) is 21.5. The molecule has 4 nitrogen and oxygen atoms in total. The van der Waals surface area contributed by atoms with Gasteiger partial charge in [-0.05, 0) is 62.9 Å². The Hall–Kier alpha value is -2.25. The Kier molecular flexibility index (Phi) is 5.68. The van der Waals surface area contributed by atoms with Gasteiger partial charge in [-0.1, -0.05) is 23.8 Å². The summed E-state index contributed by atoms with van der Waals surface area (Å²) in [6.07, 6.45) is 1.02. The van der Waals surface area contributed by atoms with Crippen molar-refractivity contribution >= 4 is 26.3 Å². The average Bonchev–Trinajstić information content (AvgIpc) is 3.17. The van der Waals surface area contributed by atoms with Gasteiger partial charge in [-0.15, -0.1) is 11.3 Å². The number of hydrogen-bond donors (Lipinski definition) is 0. The smallest absolute Gasteiger partial charge is 0.185 e. The molecule has 0 amide bonds. The van der Waals surface area contributed by atoms with Gasteiger partial charge >= 0.3 is 0 Å². The minimum atomic E-state index is -3.53. The number of benzene rings is 2. The summed E-state index contributed by atoms with van der Waals surface area (Å²) in [7, 11) is -3.53. The van der Waals surface area contributed by atoms with E-state index >= 15 is 0 Å². The summed E-state index contributed by atoms with van der Waals surface area (Å²) < 4.78 is 39.2. The second-order valence-electron chi connectivity index (χ2n) is 7.98. The predicted octanol–water partition coefficient (Wildman–Crippen LogP) is 5.32. The van der Waals surface area contributed by atoms with Gasteiger partial charge in [0.2, 0.25) is 0 Å². The van der Waals surface area contributed by atoms with Crippen molar-refractivity contribution < 1.29 is 12.8 Å². The molecule has 0 radical (unpaired) electrons. The Morgan fingerprint density at radius 1 is 1.07 bits per heavy atom. The normalized spacial score (nSPS) is 15.5. The van der Waals surface area contributed by atoms with Crippen LogP contribution in [0.4, 0.5) is 9.52 Å². The van der Waals surface area contributed by atoms with Crippen LogP contribution in [0.2, 0.25) is 0 Å². The van der Waals surface area contributed by atoms with Gasteiger partial charge in [-0.2, -0.15) is 0 Å². The quantitative estimate of drug-likeness (QED) is 0.547. The number of halogens is 1. The van der Waals surface area contributed by atoms with Crippen LogP contribution in [0.3, 0.4) is 0 Å². The highest BCUT2D eigenvalue weighted by atomic mass is 32.2. The first kappa shape index (κ1) is 21.0. The Labute approximate surface area is 181 Å². The van der Waals surface area contributed by atoms with E-state index in [9.17, 15) is 12.8 Å².